The molecule has 0 aromatic heterocycles. The number of hydrogen-bond acceptors (Lipinski definition) is 16. The molecular formula is C30H28O16. The lowest BCUT2D eigenvalue weighted by Gasteiger charge is -2.18. The summed E-state index contributed by atoms with van der Waals surface area (Å²) in [4.78, 5) is 71.9. The fourth-order valence-electron chi connectivity index (χ4n) is 5.45. The van der Waals surface area contributed by atoms with Gasteiger partial charge >= 0.3 is 35.8 Å². The van der Waals surface area contributed by atoms with Crippen LogP contribution >= 0.6 is 0 Å². The number of carbonyl (C=O) groups excluding carboxylic acids is 6. The number of fused-ring (bicyclic) bond motifs is 2. The van der Waals surface area contributed by atoms with E-state index in [0.717, 1.165) is 14.2 Å². The van der Waals surface area contributed by atoms with Gasteiger partial charge < -0.3 is 47.4 Å². The molecule has 0 N–H and O–H groups in total. The van der Waals surface area contributed by atoms with Gasteiger partial charge in [0.25, 0.3) is 0 Å². The molecule has 4 heterocycles. The van der Waals surface area contributed by atoms with Gasteiger partial charge in [0.1, 0.15) is 24.0 Å². The normalized spacial score (nSPS) is 25.0. The lowest BCUT2D eigenvalue weighted by atomic mass is 9.87. The number of methoxy groups -OCH3 is 4. The quantitative estimate of drug-likeness (QED) is 0.247. The molecule has 0 amide bonds. The van der Waals surface area contributed by atoms with Crippen LogP contribution in [0.5, 0.6) is 23.0 Å². The number of esters is 6. The molecule has 0 spiro atoms. The smallest absolute Gasteiger partial charge is 0.322 e. The molecule has 0 aliphatic carbocycles. The first-order chi connectivity index (χ1) is 22.1. The standard InChI is InChI=1S/2C15H14O8/c2*1-19-13(16)10-11(14(17)20-2)15(18)23-12(10)7-3-4-8-9(5-7)22-6-21-8/h2*3-5,10-12H,6H2,1-2H3/t10-,11+,12+;10-,11-,12+/m11/s1. The molecule has 2 fully saturated rings. The van der Waals surface area contributed by atoms with Crippen molar-refractivity contribution in [3.8, 4) is 23.0 Å². The van der Waals surface area contributed by atoms with E-state index in [1.807, 2.05) is 0 Å². The Labute approximate surface area is 260 Å². The van der Waals surface area contributed by atoms with E-state index in [2.05, 4.69) is 9.47 Å². The van der Waals surface area contributed by atoms with E-state index in [1.54, 1.807) is 36.4 Å². The van der Waals surface area contributed by atoms with Crippen LogP contribution in [0.15, 0.2) is 36.4 Å². The van der Waals surface area contributed by atoms with E-state index in [0.29, 0.717) is 34.1 Å². The Hall–Kier alpha value is -5.54. The highest BCUT2D eigenvalue weighted by atomic mass is 16.7. The van der Waals surface area contributed by atoms with E-state index in [-0.39, 0.29) is 13.6 Å². The first kappa shape index (κ1) is 31.9. The van der Waals surface area contributed by atoms with Gasteiger partial charge in [-0.3, -0.25) is 28.8 Å². The first-order valence-corrected chi connectivity index (χ1v) is 13.6. The first-order valence-electron chi connectivity index (χ1n) is 13.6. The summed E-state index contributed by atoms with van der Waals surface area (Å²) in [6.07, 6.45) is -1.93. The minimum Gasteiger partial charge on any atom is -0.469 e. The van der Waals surface area contributed by atoms with Gasteiger partial charge in [0.2, 0.25) is 13.6 Å². The fourth-order valence-corrected chi connectivity index (χ4v) is 5.45. The minimum absolute atomic E-state index is 0.0917. The van der Waals surface area contributed by atoms with Crippen LogP contribution in [0.4, 0.5) is 0 Å². The van der Waals surface area contributed by atoms with E-state index >= 15 is 0 Å². The molecule has 16 heteroatoms. The molecule has 0 saturated carbocycles. The summed E-state index contributed by atoms with van der Waals surface area (Å²) >= 11 is 0. The average Bonchev–Trinajstić information content (AvgIpc) is 3.87. The lowest BCUT2D eigenvalue weighted by Crippen LogP contribution is -2.33. The van der Waals surface area contributed by atoms with E-state index in [1.165, 1.54) is 14.2 Å². The largest absolute Gasteiger partial charge is 0.469 e. The van der Waals surface area contributed by atoms with Crippen LogP contribution in [0.3, 0.4) is 0 Å². The summed E-state index contributed by atoms with van der Waals surface area (Å²) in [5.74, 6) is -7.69. The molecule has 4 aliphatic heterocycles. The highest BCUT2D eigenvalue weighted by Crippen LogP contribution is 2.45. The van der Waals surface area contributed by atoms with Crippen LogP contribution in [0.25, 0.3) is 0 Å². The van der Waals surface area contributed by atoms with Crippen molar-refractivity contribution in [3.05, 3.63) is 47.5 Å². The summed E-state index contributed by atoms with van der Waals surface area (Å²) < 4.78 is 50.1. The Morgan fingerprint density at radius 1 is 0.543 bits per heavy atom. The van der Waals surface area contributed by atoms with Crippen LogP contribution in [-0.2, 0) is 57.2 Å². The Kier molecular flexibility index (Phi) is 9.16. The lowest BCUT2D eigenvalue weighted by molar-refractivity contribution is -0.159. The van der Waals surface area contributed by atoms with Crippen LogP contribution < -0.4 is 18.9 Å². The molecule has 2 aromatic rings. The van der Waals surface area contributed by atoms with Gasteiger partial charge in [-0.1, -0.05) is 12.1 Å². The molecular weight excluding hydrogens is 616 g/mol. The minimum atomic E-state index is -1.36. The summed E-state index contributed by atoms with van der Waals surface area (Å²) in [5, 5.41) is 0. The van der Waals surface area contributed by atoms with Crippen molar-refractivity contribution in [2.24, 2.45) is 23.7 Å². The van der Waals surface area contributed by atoms with Gasteiger partial charge in [-0.2, -0.15) is 0 Å². The van der Waals surface area contributed by atoms with Gasteiger partial charge in [-0.15, -0.1) is 0 Å². The summed E-state index contributed by atoms with van der Waals surface area (Å²) in [6.45, 7) is 0.183. The third-order valence-corrected chi connectivity index (χ3v) is 7.67. The number of benzene rings is 2. The van der Waals surface area contributed by atoms with E-state index < -0.39 is 71.7 Å². The predicted octanol–water partition coefficient (Wildman–Crippen LogP) is 1.18. The average molecular weight is 645 g/mol. The highest BCUT2D eigenvalue weighted by Gasteiger charge is 2.56. The fraction of sp³-hybridized carbons (Fsp3) is 0.400. The molecule has 6 atom stereocenters. The third kappa shape index (κ3) is 5.80. The Morgan fingerprint density at radius 3 is 1.24 bits per heavy atom. The number of ether oxygens (including phenoxy) is 10. The van der Waals surface area contributed by atoms with E-state index in [9.17, 15) is 28.8 Å². The second-order valence-corrected chi connectivity index (χ2v) is 10.0. The van der Waals surface area contributed by atoms with Gasteiger partial charge in [-0.05, 0) is 35.4 Å². The maximum Gasteiger partial charge on any atom is 0.322 e. The van der Waals surface area contributed by atoms with Crippen molar-refractivity contribution < 1.29 is 76.1 Å². The topological polar surface area (TPSA) is 195 Å². The number of carbonyl (C=O) groups is 6. The molecule has 46 heavy (non-hydrogen) atoms. The van der Waals surface area contributed by atoms with Crippen molar-refractivity contribution in [2.45, 2.75) is 12.2 Å². The zero-order valence-electron chi connectivity index (χ0n) is 24.9. The second-order valence-electron chi connectivity index (χ2n) is 10.0. The van der Waals surface area contributed by atoms with Gasteiger partial charge in [0, 0.05) is 0 Å². The molecule has 16 nitrogen and oxygen atoms in total. The Bertz CT molecular complexity index is 1450. The van der Waals surface area contributed by atoms with Gasteiger partial charge in [0.15, 0.2) is 34.8 Å². The Balaban J connectivity index is 0.000000181. The number of cyclic esters (lactones) is 2. The predicted molar refractivity (Wildman–Crippen MR) is 145 cm³/mol. The highest BCUT2D eigenvalue weighted by molar-refractivity contribution is 6.02. The number of hydrogen-bond donors (Lipinski definition) is 0. The van der Waals surface area contributed by atoms with Crippen molar-refractivity contribution in [1.82, 2.24) is 0 Å². The molecule has 0 radical (unpaired) electrons. The molecule has 244 valence electrons. The summed E-state index contributed by atoms with van der Waals surface area (Å²) in [7, 11) is 4.63. The van der Waals surface area contributed by atoms with Crippen LogP contribution in [0.1, 0.15) is 23.3 Å². The van der Waals surface area contributed by atoms with Gasteiger partial charge in [0.05, 0.1) is 28.4 Å². The SMILES string of the molecule is COC(=O)[C@@H]1C(=O)O[C@@H](c2ccc3c(c2)OCO3)[C@@H]1C(=O)OC.COC(=O)[C@H]1C(=O)O[C@@H](c2ccc3c(c2)OCO3)[C@@H]1C(=O)OC. The zero-order valence-corrected chi connectivity index (χ0v) is 24.9. The zero-order chi connectivity index (χ0) is 33.1. The van der Waals surface area contributed by atoms with Crippen LogP contribution in [0, 0.1) is 23.7 Å². The van der Waals surface area contributed by atoms with Gasteiger partial charge in [-0.25, -0.2) is 0 Å². The van der Waals surface area contributed by atoms with Crippen LogP contribution in [-0.4, -0.2) is 77.8 Å². The molecule has 2 aromatic carbocycles. The molecule has 2 saturated heterocycles. The molecule has 6 rings (SSSR count). The van der Waals surface area contributed by atoms with Crippen molar-refractivity contribution >= 4 is 35.8 Å². The summed E-state index contributed by atoms with van der Waals surface area (Å²) in [6, 6.07) is 9.78. The third-order valence-electron chi connectivity index (χ3n) is 7.67. The van der Waals surface area contributed by atoms with Crippen molar-refractivity contribution in [2.75, 3.05) is 42.0 Å². The number of rotatable bonds is 6. The van der Waals surface area contributed by atoms with Crippen LogP contribution in [0.2, 0.25) is 0 Å². The van der Waals surface area contributed by atoms with E-state index in [4.69, 9.17) is 37.9 Å². The van der Waals surface area contributed by atoms with Crippen molar-refractivity contribution in [1.29, 1.82) is 0 Å². The monoisotopic (exact) mass is 644 g/mol. The molecule has 4 aliphatic rings. The maximum absolute atomic E-state index is 12.1. The summed E-state index contributed by atoms with van der Waals surface area (Å²) in [5.41, 5.74) is 1.01. The van der Waals surface area contributed by atoms with Crippen molar-refractivity contribution in [3.63, 3.8) is 0 Å². The molecule has 0 bridgehead atoms. The maximum atomic E-state index is 12.1. The molecule has 0 unspecified atom stereocenters. The Morgan fingerprint density at radius 2 is 0.891 bits per heavy atom. The second kappa shape index (κ2) is 13.2.